The number of anilines is 1. The molecule has 0 aromatic heterocycles. The van der Waals surface area contributed by atoms with Gasteiger partial charge in [0.2, 0.25) is 0 Å². The minimum atomic E-state index is 0.528. The maximum absolute atomic E-state index is 5.06. The van der Waals surface area contributed by atoms with E-state index in [9.17, 15) is 0 Å². The molecule has 4 aliphatic rings. The minimum Gasteiger partial charge on any atom is -0.381 e. The van der Waals surface area contributed by atoms with Gasteiger partial charge in [-0.05, 0) is 63.0 Å². The summed E-state index contributed by atoms with van der Waals surface area (Å²) in [4.78, 5) is 7.67. The quantitative estimate of drug-likeness (QED) is 0.772. The van der Waals surface area contributed by atoms with Crippen LogP contribution in [0.25, 0.3) is 0 Å². The van der Waals surface area contributed by atoms with E-state index in [-0.39, 0.29) is 0 Å². The van der Waals surface area contributed by atoms with Crippen molar-refractivity contribution in [2.45, 2.75) is 32.7 Å². The molecule has 4 aliphatic heterocycles. The van der Waals surface area contributed by atoms with Gasteiger partial charge in [-0.3, -0.25) is 9.89 Å². The molecule has 0 amide bonds. The van der Waals surface area contributed by atoms with Crippen LogP contribution < -0.4 is 5.32 Å². The first-order valence-electron chi connectivity index (χ1n) is 7.40. The molecule has 3 saturated heterocycles. The number of aliphatic imine (C=N–C) groups is 1. The average molecular weight is 255 g/mol. The summed E-state index contributed by atoms with van der Waals surface area (Å²) < 4.78 is 0. The topological polar surface area (TPSA) is 27.6 Å². The van der Waals surface area contributed by atoms with Crippen LogP contribution in [0.15, 0.2) is 17.1 Å². The molecule has 19 heavy (non-hydrogen) atoms. The van der Waals surface area contributed by atoms with Crippen molar-refractivity contribution in [2.75, 3.05) is 25.0 Å². The molecule has 1 aromatic carbocycles. The maximum atomic E-state index is 5.06. The molecule has 3 nitrogen and oxygen atoms in total. The predicted octanol–water partition coefficient (Wildman–Crippen LogP) is 2.90. The van der Waals surface area contributed by atoms with Gasteiger partial charge in [0.05, 0.1) is 17.4 Å². The monoisotopic (exact) mass is 255 g/mol. The van der Waals surface area contributed by atoms with Crippen molar-refractivity contribution in [1.82, 2.24) is 4.90 Å². The van der Waals surface area contributed by atoms with E-state index in [1.54, 1.807) is 0 Å². The fourth-order valence-corrected chi connectivity index (χ4v) is 3.75. The number of piperidine rings is 3. The van der Waals surface area contributed by atoms with E-state index < -0.39 is 0 Å². The fourth-order valence-electron chi connectivity index (χ4n) is 3.75. The van der Waals surface area contributed by atoms with Gasteiger partial charge >= 0.3 is 0 Å². The molecule has 4 heterocycles. The number of nitrogens with one attached hydrogen (secondary N) is 1. The van der Waals surface area contributed by atoms with Gasteiger partial charge in [0.15, 0.2) is 0 Å². The van der Waals surface area contributed by atoms with Crippen molar-refractivity contribution in [3.63, 3.8) is 0 Å². The molecule has 1 unspecified atom stereocenters. The van der Waals surface area contributed by atoms with Gasteiger partial charge in [0.25, 0.3) is 0 Å². The van der Waals surface area contributed by atoms with Crippen LogP contribution in [0.3, 0.4) is 0 Å². The van der Waals surface area contributed by atoms with Crippen LogP contribution in [0, 0.1) is 19.8 Å². The van der Waals surface area contributed by atoms with E-state index in [4.69, 9.17) is 4.99 Å². The van der Waals surface area contributed by atoms with Crippen molar-refractivity contribution in [3.8, 4) is 0 Å². The van der Waals surface area contributed by atoms with Crippen LogP contribution in [-0.4, -0.2) is 36.3 Å². The lowest BCUT2D eigenvalue weighted by atomic mass is 9.81. The number of benzene rings is 1. The summed E-state index contributed by atoms with van der Waals surface area (Å²) in [5, 5.41) is 3.62. The van der Waals surface area contributed by atoms with Gasteiger partial charge in [0.1, 0.15) is 0 Å². The second-order valence-electron chi connectivity index (χ2n) is 6.20. The van der Waals surface area contributed by atoms with Gasteiger partial charge in [-0.2, -0.15) is 0 Å². The van der Waals surface area contributed by atoms with Gasteiger partial charge < -0.3 is 5.32 Å². The van der Waals surface area contributed by atoms with Crippen LogP contribution >= 0.6 is 0 Å². The number of hydrogen-bond donors (Lipinski definition) is 1. The molecule has 0 saturated carbocycles. The fraction of sp³-hybridized carbons (Fsp3) is 0.562. The maximum Gasteiger partial charge on any atom is 0.0864 e. The van der Waals surface area contributed by atoms with Crippen LogP contribution in [0.1, 0.15) is 24.0 Å². The summed E-state index contributed by atoms with van der Waals surface area (Å²) in [6, 6.07) is 5.02. The molecule has 3 heteroatoms. The highest BCUT2D eigenvalue weighted by atomic mass is 15.2. The Balaban J connectivity index is 1.82. The molecule has 0 radical (unpaired) electrons. The molecule has 3 fully saturated rings. The third-order valence-corrected chi connectivity index (χ3v) is 5.08. The van der Waals surface area contributed by atoms with Crippen molar-refractivity contribution in [2.24, 2.45) is 10.9 Å². The van der Waals surface area contributed by atoms with Crippen molar-refractivity contribution >= 4 is 17.1 Å². The SMILES string of the molecule is Cc1cc2c(cc1C)NCC1C(=N2)C2CCN1CC2. The Hall–Kier alpha value is -1.35. The zero-order valence-corrected chi connectivity index (χ0v) is 11.7. The van der Waals surface area contributed by atoms with Gasteiger partial charge in [-0.25, -0.2) is 0 Å². The zero-order valence-electron chi connectivity index (χ0n) is 11.7. The normalized spacial score (nSPS) is 31.9. The summed E-state index contributed by atoms with van der Waals surface area (Å²) >= 11 is 0. The standard InChI is InChI=1S/C16H21N3/c1-10-7-13-14(8-11(10)2)18-16-12-3-5-19(6-4-12)15(16)9-17-13/h7-8,12,15,17H,3-6,9H2,1-2H3. The highest BCUT2D eigenvalue weighted by molar-refractivity contribution is 5.97. The van der Waals surface area contributed by atoms with Crippen LogP contribution in [-0.2, 0) is 0 Å². The summed E-state index contributed by atoms with van der Waals surface area (Å²) in [5.41, 5.74) is 6.48. The molecule has 100 valence electrons. The molecule has 0 aliphatic carbocycles. The zero-order chi connectivity index (χ0) is 13.0. The van der Waals surface area contributed by atoms with Crippen LogP contribution in [0.2, 0.25) is 0 Å². The first-order chi connectivity index (χ1) is 9.22. The molecule has 2 bridgehead atoms. The van der Waals surface area contributed by atoms with Crippen LogP contribution in [0.5, 0.6) is 0 Å². The predicted molar refractivity (Wildman–Crippen MR) is 79.6 cm³/mol. The third-order valence-electron chi connectivity index (χ3n) is 5.08. The van der Waals surface area contributed by atoms with E-state index in [1.807, 2.05) is 0 Å². The highest BCUT2D eigenvalue weighted by Crippen LogP contribution is 2.37. The largest absolute Gasteiger partial charge is 0.381 e. The highest BCUT2D eigenvalue weighted by Gasteiger charge is 2.39. The lowest BCUT2D eigenvalue weighted by Gasteiger charge is -2.45. The lowest BCUT2D eigenvalue weighted by molar-refractivity contribution is 0.152. The molecule has 0 spiro atoms. The second-order valence-corrected chi connectivity index (χ2v) is 6.20. The molecule has 1 N–H and O–H groups in total. The number of nitrogens with zero attached hydrogens (tertiary/aromatic N) is 2. The molecule has 5 rings (SSSR count). The number of aryl methyl sites for hydroxylation is 2. The Morgan fingerprint density at radius 2 is 1.89 bits per heavy atom. The summed E-state index contributed by atoms with van der Waals surface area (Å²) in [5.74, 6) is 0.726. The van der Waals surface area contributed by atoms with E-state index >= 15 is 0 Å². The van der Waals surface area contributed by atoms with E-state index in [0.29, 0.717) is 6.04 Å². The van der Waals surface area contributed by atoms with Crippen LogP contribution in [0.4, 0.5) is 11.4 Å². The third kappa shape index (κ3) is 1.71. The first kappa shape index (κ1) is 11.5. The van der Waals surface area contributed by atoms with E-state index in [0.717, 1.165) is 18.2 Å². The number of rotatable bonds is 0. The van der Waals surface area contributed by atoms with E-state index in [1.165, 1.54) is 48.5 Å². The Morgan fingerprint density at radius 1 is 1.16 bits per heavy atom. The van der Waals surface area contributed by atoms with Gasteiger partial charge in [0, 0.05) is 18.2 Å². The summed E-state index contributed by atoms with van der Waals surface area (Å²) in [6.07, 6.45) is 2.60. The van der Waals surface area contributed by atoms with Crippen molar-refractivity contribution < 1.29 is 0 Å². The Kier molecular flexibility index (Phi) is 2.46. The lowest BCUT2D eigenvalue weighted by Crippen LogP contribution is -2.57. The number of fused-ring (bicyclic) bond motifs is 3. The van der Waals surface area contributed by atoms with Crippen molar-refractivity contribution in [1.29, 1.82) is 0 Å². The van der Waals surface area contributed by atoms with Crippen molar-refractivity contribution in [3.05, 3.63) is 23.3 Å². The Bertz CT molecular complexity index is 553. The minimum absolute atomic E-state index is 0.528. The molecular weight excluding hydrogens is 234 g/mol. The molecule has 1 aromatic rings. The summed E-state index contributed by atoms with van der Waals surface area (Å²) in [7, 11) is 0. The van der Waals surface area contributed by atoms with E-state index in [2.05, 4.69) is 36.2 Å². The molecular formula is C16H21N3. The molecule has 1 atom stereocenters. The average Bonchev–Trinajstić information content (AvgIpc) is 2.61. The summed E-state index contributed by atoms with van der Waals surface area (Å²) in [6.45, 7) is 7.88. The Labute approximate surface area is 114 Å². The van der Waals surface area contributed by atoms with Gasteiger partial charge in [-0.1, -0.05) is 0 Å². The Morgan fingerprint density at radius 3 is 2.68 bits per heavy atom. The van der Waals surface area contributed by atoms with Gasteiger partial charge in [-0.15, -0.1) is 0 Å². The second kappa shape index (κ2) is 4.07. The smallest absolute Gasteiger partial charge is 0.0864 e. The number of hydrogen-bond acceptors (Lipinski definition) is 3. The first-order valence-corrected chi connectivity index (χ1v) is 7.40.